The monoisotopic (exact) mass is 293 g/mol. The maximum atomic E-state index is 11.8. The van der Waals surface area contributed by atoms with E-state index in [9.17, 15) is 4.79 Å². The third kappa shape index (κ3) is 6.75. The van der Waals surface area contributed by atoms with Crippen molar-refractivity contribution < 1.29 is 22.2 Å². The lowest BCUT2D eigenvalue weighted by Crippen LogP contribution is -3.00. The Morgan fingerprint density at radius 1 is 1.25 bits per heavy atom. The number of hydrogen-bond acceptors (Lipinski definition) is 1. The molecule has 0 saturated heterocycles. The molecular weight excluding hydrogens is 274 g/mol. The predicted molar refractivity (Wildman–Crippen MR) is 77.7 cm³/mol. The topological polar surface area (TPSA) is 46.3 Å². The van der Waals surface area contributed by atoms with Crippen LogP contribution in [0.15, 0.2) is 55.6 Å². The highest BCUT2D eigenvalue weighted by atomic mass is 35.5. The van der Waals surface area contributed by atoms with E-state index in [1.807, 2.05) is 30.3 Å². The van der Waals surface area contributed by atoms with Crippen molar-refractivity contribution >= 4 is 12.4 Å². The van der Waals surface area contributed by atoms with E-state index >= 15 is 0 Å². The number of rotatable bonds is 7. The van der Waals surface area contributed by atoms with Crippen LogP contribution >= 0.6 is 0 Å². The number of nitrogens with zero attached hydrogens (tertiary/aromatic N) is 1. The summed E-state index contributed by atoms with van der Waals surface area (Å²) < 4.78 is 0. The van der Waals surface area contributed by atoms with Crippen LogP contribution in [0.5, 0.6) is 0 Å². The molecule has 0 saturated carbocycles. The zero-order chi connectivity index (χ0) is 13.9. The fraction of sp³-hybridized carbons (Fsp3) is 0.200. The smallest absolute Gasteiger partial charge is 0.408 e. The van der Waals surface area contributed by atoms with Gasteiger partial charge in [0.1, 0.15) is 13.1 Å². The number of nitrogens with one attached hydrogen (secondary N) is 2. The average Bonchev–Trinajstić information content (AvgIpc) is 2.45. The van der Waals surface area contributed by atoms with Gasteiger partial charge in [0, 0.05) is 6.54 Å². The van der Waals surface area contributed by atoms with E-state index in [1.54, 1.807) is 18.5 Å². The number of urea groups is 1. The number of benzene rings is 1. The van der Waals surface area contributed by atoms with Crippen LogP contribution < -0.4 is 22.7 Å². The maximum absolute atomic E-state index is 11.8. The number of hydrogen-bond donors (Lipinski definition) is 2. The summed E-state index contributed by atoms with van der Waals surface area (Å²) >= 11 is 0. The van der Waals surface area contributed by atoms with Gasteiger partial charge in [-0.2, -0.15) is 4.90 Å². The second-order valence-corrected chi connectivity index (χ2v) is 3.91. The van der Waals surface area contributed by atoms with Crippen molar-refractivity contribution in [3.63, 3.8) is 0 Å². The molecule has 0 radical (unpaired) electrons. The fourth-order valence-corrected chi connectivity index (χ4v) is 1.46. The van der Waals surface area contributed by atoms with Crippen LogP contribution in [0, 0.1) is 0 Å². The Morgan fingerprint density at radius 2 is 1.95 bits per heavy atom. The number of halogens is 1. The summed E-state index contributed by atoms with van der Waals surface area (Å²) in [4.78, 5) is 16.4. The molecule has 0 spiro atoms. The van der Waals surface area contributed by atoms with E-state index in [1.165, 1.54) is 4.90 Å². The molecule has 1 rings (SSSR count). The standard InChI is InChI=1S/C15H19N3O.ClH/c1-3-10-17-15(19)18(11-4-2)13-16-12-14-8-6-5-7-9-14;/h3-9,13H,1-2,10-12H2,(H,17,19);1H. The summed E-state index contributed by atoms with van der Waals surface area (Å²) in [5, 5.41) is 2.72. The minimum absolute atomic E-state index is 0. The molecule has 0 aliphatic heterocycles. The predicted octanol–water partition coefficient (Wildman–Crippen LogP) is -2.32. The Kier molecular flexibility index (Phi) is 9.70. The van der Waals surface area contributed by atoms with E-state index in [0.29, 0.717) is 19.6 Å². The third-order valence-electron chi connectivity index (χ3n) is 2.38. The van der Waals surface area contributed by atoms with E-state index in [-0.39, 0.29) is 18.4 Å². The molecule has 1 aromatic rings. The Balaban J connectivity index is 0.00000361. The van der Waals surface area contributed by atoms with Gasteiger partial charge in [0.05, 0.1) is 0 Å². The minimum Gasteiger partial charge on any atom is -1.00 e. The third-order valence-corrected chi connectivity index (χ3v) is 2.38. The van der Waals surface area contributed by atoms with Crippen molar-refractivity contribution in [2.45, 2.75) is 6.54 Å². The summed E-state index contributed by atoms with van der Waals surface area (Å²) in [6.07, 6.45) is 4.97. The van der Waals surface area contributed by atoms with Crippen LogP contribution in [0.25, 0.3) is 0 Å². The number of carbonyl (C=O) groups is 1. The lowest BCUT2D eigenvalue weighted by atomic mass is 10.2. The summed E-state index contributed by atoms with van der Waals surface area (Å²) in [6.45, 7) is 8.76. The lowest BCUT2D eigenvalue weighted by molar-refractivity contribution is -0.474. The van der Waals surface area contributed by atoms with Gasteiger partial charge in [-0.05, 0) is 5.56 Å². The second-order valence-electron chi connectivity index (χ2n) is 3.91. The van der Waals surface area contributed by atoms with Crippen molar-refractivity contribution in [1.82, 2.24) is 10.2 Å². The lowest BCUT2D eigenvalue weighted by Gasteiger charge is -2.08. The van der Waals surface area contributed by atoms with Crippen molar-refractivity contribution in [2.75, 3.05) is 13.1 Å². The van der Waals surface area contributed by atoms with Gasteiger partial charge < -0.3 is 17.7 Å². The molecule has 0 heterocycles. The van der Waals surface area contributed by atoms with Gasteiger partial charge in [0.25, 0.3) is 0 Å². The molecule has 1 aromatic carbocycles. The molecule has 4 nitrogen and oxygen atoms in total. The SMILES string of the molecule is C=CCNC(=O)N(C=[NH+]Cc1ccccc1)CC=C.[Cl-]. The highest BCUT2D eigenvalue weighted by molar-refractivity contribution is 5.85. The summed E-state index contributed by atoms with van der Waals surface area (Å²) in [5.74, 6) is 0. The maximum Gasteiger partial charge on any atom is 0.408 e. The van der Waals surface area contributed by atoms with Gasteiger partial charge in [0.2, 0.25) is 6.34 Å². The highest BCUT2D eigenvalue weighted by Gasteiger charge is 2.14. The first-order valence-electron chi connectivity index (χ1n) is 6.15. The molecule has 2 N–H and O–H groups in total. The first-order chi connectivity index (χ1) is 9.27. The molecule has 0 aliphatic rings. The molecule has 5 heteroatoms. The fourth-order valence-electron chi connectivity index (χ4n) is 1.46. The molecule has 0 aromatic heterocycles. The quantitative estimate of drug-likeness (QED) is 0.331. The summed E-state index contributed by atoms with van der Waals surface area (Å²) in [7, 11) is 0. The van der Waals surface area contributed by atoms with Crippen molar-refractivity contribution in [2.24, 2.45) is 0 Å². The van der Waals surface area contributed by atoms with Crippen LogP contribution in [0.2, 0.25) is 0 Å². The molecule has 108 valence electrons. The van der Waals surface area contributed by atoms with Gasteiger partial charge in [-0.15, -0.1) is 6.58 Å². The van der Waals surface area contributed by atoms with Crippen molar-refractivity contribution in [3.05, 3.63) is 61.2 Å². The molecule has 0 fully saturated rings. The Bertz CT molecular complexity index is 446. The van der Waals surface area contributed by atoms with Gasteiger partial charge in [-0.25, -0.2) is 4.79 Å². The van der Waals surface area contributed by atoms with E-state index in [2.05, 4.69) is 23.5 Å². The molecule has 0 atom stereocenters. The second kappa shape index (κ2) is 10.8. The number of carbonyl (C=O) groups excluding carboxylic acids is 1. The van der Waals surface area contributed by atoms with Crippen molar-refractivity contribution in [3.8, 4) is 0 Å². The highest BCUT2D eigenvalue weighted by Crippen LogP contribution is 1.93. The van der Waals surface area contributed by atoms with Crippen LogP contribution in [0.1, 0.15) is 5.56 Å². The zero-order valence-electron chi connectivity index (χ0n) is 11.4. The van der Waals surface area contributed by atoms with Crippen LogP contribution in [-0.4, -0.2) is 30.4 Å². The van der Waals surface area contributed by atoms with Gasteiger partial charge in [-0.1, -0.05) is 49.1 Å². The Labute approximate surface area is 126 Å². The van der Waals surface area contributed by atoms with E-state index in [0.717, 1.165) is 5.56 Å². The average molecular weight is 294 g/mol. The van der Waals surface area contributed by atoms with E-state index in [4.69, 9.17) is 0 Å². The summed E-state index contributed by atoms with van der Waals surface area (Å²) in [6, 6.07) is 9.80. The molecule has 0 unspecified atom stereocenters. The van der Waals surface area contributed by atoms with E-state index < -0.39 is 0 Å². The molecule has 20 heavy (non-hydrogen) atoms. The molecule has 0 bridgehead atoms. The molecule has 0 aliphatic carbocycles. The van der Waals surface area contributed by atoms with Crippen LogP contribution in [-0.2, 0) is 6.54 Å². The molecule has 2 amide bonds. The van der Waals surface area contributed by atoms with Gasteiger partial charge in [0.15, 0.2) is 0 Å². The minimum atomic E-state index is -0.180. The summed E-state index contributed by atoms with van der Waals surface area (Å²) in [5.41, 5.74) is 1.16. The van der Waals surface area contributed by atoms with Gasteiger partial charge in [-0.3, -0.25) is 4.99 Å². The molecular formula is C15H20ClN3O. The Hall–Kier alpha value is -2.07. The normalized spacial score (nSPS) is 9.60. The zero-order valence-corrected chi connectivity index (χ0v) is 12.1. The Morgan fingerprint density at radius 3 is 2.55 bits per heavy atom. The van der Waals surface area contributed by atoms with Crippen LogP contribution in [0.4, 0.5) is 4.79 Å². The van der Waals surface area contributed by atoms with Crippen LogP contribution in [0.3, 0.4) is 0 Å². The van der Waals surface area contributed by atoms with Crippen molar-refractivity contribution in [1.29, 1.82) is 0 Å². The first kappa shape index (κ1) is 17.9. The number of amides is 2. The van der Waals surface area contributed by atoms with Gasteiger partial charge >= 0.3 is 6.03 Å². The first-order valence-corrected chi connectivity index (χ1v) is 6.15. The largest absolute Gasteiger partial charge is 1.00 e.